The lowest BCUT2D eigenvalue weighted by Crippen LogP contribution is -2.49. The van der Waals surface area contributed by atoms with Crippen molar-refractivity contribution in [3.63, 3.8) is 0 Å². The predicted octanol–water partition coefficient (Wildman–Crippen LogP) is 3.11. The van der Waals surface area contributed by atoms with E-state index in [1.807, 2.05) is 0 Å². The van der Waals surface area contributed by atoms with Crippen LogP contribution in [0.1, 0.15) is 28.9 Å². The first-order valence-corrected chi connectivity index (χ1v) is 8.74. The van der Waals surface area contributed by atoms with E-state index in [4.69, 9.17) is 9.47 Å². The quantitative estimate of drug-likeness (QED) is 0.917. The van der Waals surface area contributed by atoms with Crippen LogP contribution in [0.2, 0.25) is 0 Å². The second-order valence-corrected chi connectivity index (χ2v) is 7.18. The lowest BCUT2D eigenvalue weighted by molar-refractivity contribution is -0.157. The highest BCUT2D eigenvalue weighted by Crippen LogP contribution is 2.29. The van der Waals surface area contributed by atoms with Gasteiger partial charge in [0.15, 0.2) is 0 Å². The fourth-order valence-electron chi connectivity index (χ4n) is 3.38. The Hall–Kier alpha value is -1.50. The molecule has 122 valence electrons. The maximum atomic E-state index is 13.3. The molecule has 0 bridgehead atoms. The van der Waals surface area contributed by atoms with Crippen LogP contribution in [0.4, 0.5) is 4.39 Å². The number of halogens is 1. The predicted molar refractivity (Wildman–Crippen MR) is 86.4 cm³/mol. The summed E-state index contributed by atoms with van der Waals surface area (Å²) in [7, 11) is 0. The molecule has 0 radical (unpaired) electrons. The van der Waals surface area contributed by atoms with Gasteiger partial charge in [0.25, 0.3) is 5.91 Å². The smallest absolute Gasteiger partial charge is 0.261 e. The number of rotatable bonds is 2. The van der Waals surface area contributed by atoms with Crippen LogP contribution < -0.4 is 5.32 Å². The monoisotopic (exact) mass is 335 g/mol. The first-order chi connectivity index (χ1) is 11.2. The van der Waals surface area contributed by atoms with E-state index in [9.17, 15) is 9.18 Å². The van der Waals surface area contributed by atoms with Gasteiger partial charge in [-0.05, 0) is 48.9 Å². The molecule has 3 atom stereocenters. The molecule has 1 saturated heterocycles. The van der Waals surface area contributed by atoms with Crippen LogP contribution in [0.15, 0.2) is 24.3 Å². The number of carbonyl (C=O) groups is 1. The standard InChI is InChI=1S/C17H18FNO3S/c18-11-1-4-15-10(7-11)8-16(23-15)17(20)19-12-2-3-13-14(9-12)22-6-5-21-13/h1,4,7-8,12-14H,2-3,5-6,9H2,(H,19,20). The van der Waals surface area contributed by atoms with E-state index in [0.29, 0.717) is 18.1 Å². The Bertz CT molecular complexity index is 732. The van der Waals surface area contributed by atoms with Gasteiger partial charge in [-0.1, -0.05) is 0 Å². The van der Waals surface area contributed by atoms with Crippen LogP contribution in [-0.4, -0.2) is 37.4 Å². The summed E-state index contributed by atoms with van der Waals surface area (Å²) in [5.41, 5.74) is 0. The van der Waals surface area contributed by atoms with Gasteiger partial charge in [0.1, 0.15) is 5.82 Å². The Morgan fingerprint density at radius 2 is 2.00 bits per heavy atom. The third-order valence-corrected chi connectivity index (χ3v) is 5.63. The highest BCUT2D eigenvalue weighted by atomic mass is 32.1. The number of hydrogen-bond donors (Lipinski definition) is 1. The van der Waals surface area contributed by atoms with Gasteiger partial charge in [0, 0.05) is 10.7 Å². The van der Waals surface area contributed by atoms with Gasteiger partial charge in [0.2, 0.25) is 0 Å². The molecule has 2 aliphatic rings. The van der Waals surface area contributed by atoms with E-state index in [2.05, 4.69) is 5.32 Å². The number of ether oxygens (including phenoxy) is 2. The van der Waals surface area contributed by atoms with Gasteiger partial charge in [-0.15, -0.1) is 11.3 Å². The Labute approximate surface area is 137 Å². The minimum absolute atomic E-state index is 0.0827. The summed E-state index contributed by atoms with van der Waals surface area (Å²) in [5, 5.41) is 3.86. The summed E-state index contributed by atoms with van der Waals surface area (Å²) < 4.78 is 25.6. The molecule has 1 aromatic heterocycles. The minimum atomic E-state index is -0.282. The highest BCUT2D eigenvalue weighted by Gasteiger charge is 2.34. The molecule has 23 heavy (non-hydrogen) atoms. The second kappa shape index (κ2) is 6.19. The summed E-state index contributed by atoms with van der Waals surface area (Å²) >= 11 is 1.39. The molecular formula is C17H18FNO3S. The molecule has 2 fully saturated rings. The third-order valence-electron chi connectivity index (χ3n) is 4.52. The van der Waals surface area contributed by atoms with Crippen LogP contribution in [0, 0.1) is 5.82 Å². The fraction of sp³-hybridized carbons (Fsp3) is 0.471. The number of amides is 1. The van der Waals surface area contributed by atoms with Gasteiger partial charge in [-0.3, -0.25) is 4.79 Å². The van der Waals surface area contributed by atoms with E-state index >= 15 is 0 Å². The zero-order chi connectivity index (χ0) is 15.8. The Balaban J connectivity index is 1.44. The average molecular weight is 335 g/mol. The lowest BCUT2D eigenvalue weighted by atomic mass is 9.89. The van der Waals surface area contributed by atoms with Gasteiger partial charge in [-0.2, -0.15) is 0 Å². The second-order valence-electron chi connectivity index (χ2n) is 6.09. The first-order valence-electron chi connectivity index (χ1n) is 7.92. The fourth-order valence-corrected chi connectivity index (χ4v) is 4.33. The van der Waals surface area contributed by atoms with E-state index in [1.165, 1.54) is 23.5 Å². The zero-order valence-corrected chi connectivity index (χ0v) is 13.4. The molecule has 1 saturated carbocycles. The molecule has 6 heteroatoms. The largest absolute Gasteiger partial charge is 0.373 e. The molecule has 4 rings (SSSR count). The summed E-state index contributed by atoms with van der Waals surface area (Å²) in [6, 6.07) is 6.45. The van der Waals surface area contributed by atoms with Crippen LogP contribution in [-0.2, 0) is 9.47 Å². The van der Waals surface area contributed by atoms with Gasteiger partial charge in [0.05, 0.1) is 30.3 Å². The Morgan fingerprint density at radius 3 is 2.87 bits per heavy atom. The molecule has 4 nitrogen and oxygen atoms in total. The number of thiophene rings is 1. The number of fused-ring (bicyclic) bond motifs is 2. The van der Waals surface area contributed by atoms with Gasteiger partial charge in [-0.25, -0.2) is 4.39 Å². The van der Waals surface area contributed by atoms with E-state index in [0.717, 1.165) is 29.3 Å². The van der Waals surface area contributed by atoms with Crippen molar-refractivity contribution in [2.45, 2.75) is 37.5 Å². The SMILES string of the molecule is O=C(NC1CCC2OCCOC2C1)c1cc2cc(F)ccc2s1. The number of carbonyl (C=O) groups excluding carboxylic acids is 1. The van der Waals surface area contributed by atoms with Crippen LogP contribution >= 0.6 is 11.3 Å². The van der Waals surface area contributed by atoms with E-state index < -0.39 is 0 Å². The van der Waals surface area contributed by atoms with Crippen molar-refractivity contribution in [2.24, 2.45) is 0 Å². The number of hydrogen-bond acceptors (Lipinski definition) is 4. The molecule has 0 spiro atoms. The van der Waals surface area contributed by atoms with Crippen molar-refractivity contribution in [1.29, 1.82) is 0 Å². The topological polar surface area (TPSA) is 47.6 Å². The average Bonchev–Trinajstić information content (AvgIpc) is 2.98. The minimum Gasteiger partial charge on any atom is -0.373 e. The third kappa shape index (κ3) is 3.11. The molecule has 3 unspecified atom stereocenters. The summed E-state index contributed by atoms with van der Waals surface area (Å²) in [6.07, 6.45) is 2.85. The summed E-state index contributed by atoms with van der Waals surface area (Å²) in [4.78, 5) is 13.1. The van der Waals surface area contributed by atoms with Gasteiger partial charge >= 0.3 is 0 Å². The maximum absolute atomic E-state index is 13.3. The molecular weight excluding hydrogens is 317 g/mol. The van der Waals surface area contributed by atoms with Crippen molar-refractivity contribution < 1.29 is 18.7 Å². The highest BCUT2D eigenvalue weighted by molar-refractivity contribution is 7.20. The molecule has 2 aromatic rings. The molecule has 2 heterocycles. The zero-order valence-electron chi connectivity index (χ0n) is 12.6. The lowest BCUT2D eigenvalue weighted by Gasteiger charge is -2.39. The van der Waals surface area contributed by atoms with Crippen LogP contribution in [0.3, 0.4) is 0 Å². The number of nitrogens with one attached hydrogen (secondary N) is 1. The van der Waals surface area contributed by atoms with Crippen molar-refractivity contribution in [3.05, 3.63) is 35.0 Å². The Morgan fingerprint density at radius 1 is 1.17 bits per heavy atom. The summed E-state index contributed by atoms with van der Waals surface area (Å²) in [5.74, 6) is -0.373. The van der Waals surface area contributed by atoms with Crippen molar-refractivity contribution in [2.75, 3.05) is 13.2 Å². The van der Waals surface area contributed by atoms with E-state index in [-0.39, 0.29) is 30.0 Å². The Kier molecular flexibility index (Phi) is 4.05. The molecule has 1 aliphatic heterocycles. The van der Waals surface area contributed by atoms with Crippen LogP contribution in [0.25, 0.3) is 10.1 Å². The summed E-state index contributed by atoms with van der Waals surface area (Å²) in [6.45, 7) is 1.29. The molecule has 1 aliphatic carbocycles. The first kappa shape index (κ1) is 15.1. The van der Waals surface area contributed by atoms with Crippen LogP contribution in [0.5, 0.6) is 0 Å². The maximum Gasteiger partial charge on any atom is 0.261 e. The molecule has 1 aromatic carbocycles. The number of benzene rings is 1. The van der Waals surface area contributed by atoms with Gasteiger partial charge < -0.3 is 14.8 Å². The van der Waals surface area contributed by atoms with Crippen molar-refractivity contribution in [3.8, 4) is 0 Å². The van der Waals surface area contributed by atoms with Crippen molar-refractivity contribution >= 4 is 27.3 Å². The van der Waals surface area contributed by atoms with Crippen molar-refractivity contribution in [1.82, 2.24) is 5.32 Å². The molecule has 1 amide bonds. The van der Waals surface area contributed by atoms with E-state index in [1.54, 1.807) is 12.1 Å². The molecule has 1 N–H and O–H groups in total. The normalized spacial score (nSPS) is 27.6.